The number of fused-ring (bicyclic) bond motifs is 1. The highest BCUT2D eigenvalue weighted by Gasteiger charge is 2.22. The molecular weight excluding hydrogens is 304 g/mol. The third-order valence-electron chi connectivity index (χ3n) is 4.23. The number of aryl methyl sites for hydroxylation is 1. The first-order valence-corrected chi connectivity index (χ1v) is 8.66. The lowest BCUT2D eigenvalue weighted by Gasteiger charge is -2.06. The highest BCUT2D eigenvalue weighted by Crippen LogP contribution is 2.18. The minimum absolute atomic E-state index is 0.0994. The largest absolute Gasteiger partial charge is 0.353 e. The van der Waals surface area contributed by atoms with Crippen molar-refractivity contribution < 1.29 is 9.59 Å². The summed E-state index contributed by atoms with van der Waals surface area (Å²) in [6, 6.07) is 6.11. The number of unbranched alkanes of at least 4 members (excludes halogenated alkanes) is 2. The average molecular weight is 328 g/mol. The van der Waals surface area contributed by atoms with E-state index in [-0.39, 0.29) is 11.8 Å². The van der Waals surface area contributed by atoms with Gasteiger partial charge < -0.3 is 10.6 Å². The Morgan fingerprint density at radius 1 is 1.25 bits per heavy atom. The Bertz CT molecular complexity index is 734. The van der Waals surface area contributed by atoms with Crippen LogP contribution in [-0.2, 0) is 4.79 Å². The average Bonchev–Trinajstić information content (AvgIpc) is 3.29. The molecule has 2 N–H and O–H groups in total. The van der Waals surface area contributed by atoms with Crippen molar-refractivity contribution in [1.82, 2.24) is 20.0 Å². The molecule has 0 saturated heterocycles. The van der Waals surface area contributed by atoms with Gasteiger partial charge in [0.1, 0.15) is 11.3 Å². The Hall–Kier alpha value is -2.37. The van der Waals surface area contributed by atoms with E-state index in [9.17, 15) is 9.59 Å². The number of hydrogen-bond acceptors (Lipinski definition) is 3. The molecule has 1 saturated carbocycles. The first kappa shape index (κ1) is 16.5. The summed E-state index contributed by atoms with van der Waals surface area (Å²) >= 11 is 0. The van der Waals surface area contributed by atoms with E-state index >= 15 is 0 Å². The fourth-order valence-corrected chi connectivity index (χ4v) is 2.79. The van der Waals surface area contributed by atoms with Crippen molar-refractivity contribution in [3.05, 3.63) is 35.8 Å². The van der Waals surface area contributed by atoms with E-state index in [1.165, 1.54) is 0 Å². The molecule has 1 aliphatic rings. The maximum Gasteiger partial charge on any atom is 0.270 e. The van der Waals surface area contributed by atoms with Gasteiger partial charge in [-0.3, -0.25) is 14.0 Å². The molecule has 24 heavy (non-hydrogen) atoms. The second-order valence-electron chi connectivity index (χ2n) is 6.38. The van der Waals surface area contributed by atoms with Crippen LogP contribution in [0.3, 0.4) is 0 Å². The minimum Gasteiger partial charge on any atom is -0.353 e. The molecule has 3 rings (SSSR count). The van der Waals surface area contributed by atoms with Gasteiger partial charge in [-0.2, -0.15) is 0 Å². The van der Waals surface area contributed by atoms with Gasteiger partial charge in [-0.1, -0.05) is 12.5 Å². The van der Waals surface area contributed by atoms with Gasteiger partial charge in [-0.15, -0.1) is 0 Å². The summed E-state index contributed by atoms with van der Waals surface area (Å²) in [7, 11) is 0. The van der Waals surface area contributed by atoms with E-state index in [0.29, 0.717) is 24.7 Å². The van der Waals surface area contributed by atoms with Gasteiger partial charge in [0, 0.05) is 25.2 Å². The number of nitrogens with one attached hydrogen (secondary N) is 2. The second-order valence-corrected chi connectivity index (χ2v) is 6.38. The molecule has 0 spiro atoms. The minimum atomic E-state index is -0.0994. The van der Waals surface area contributed by atoms with Crippen LogP contribution in [-0.4, -0.2) is 33.8 Å². The van der Waals surface area contributed by atoms with Crippen LogP contribution in [0.5, 0.6) is 0 Å². The summed E-state index contributed by atoms with van der Waals surface area (Å²) in [5, 5.41) is 5.93. The molecule has 0 bridgehead atoms. The standard InChI is InChI=1S/C18H24N4O2/c1-13-17(22-12-6-4-7-15(22)20-13)18(24)19-11-5-2-3-8-16(23)21-14-9-10-14/h4,6-7,12,14H,2-3,5,8-11H2,1H3,(H,19,24)(H,21,23). The van der Waals surface area contributed by atoms with Crippen molar-refractivity contribution in [3.8, 4) is 0 Å². The number of amides is 2. The molecule has 0 aromatic carbocycles. The van der Waals surface area contributed by atoms with Crippen LogP contribution in [0, 0.1) is 6.92 Å². The molecule has 0 atom stereocenters. The lowest BCUT2D eigenvalue weighted by Crippen LogP contribution is -2.26. The molecule has 0 aliphatic heterocycles. The molecule has 2 aromatic heterocycles. The first-order chi connectivity index (χ1) is 11.6. The van der Waals surface area contributed by atoms with Crippen LogP contribution in [0.25, 0.3) is 5.65 Å². The fourth-order valence-electron chi connectivity index (χ4n) is 2.79. The SMILES string of the molecule is Cc1nc2ccccn2c1C(=O)NCCCCCC(=O)NC1CC1. The molecule has 2 aromatic rings. The van der Waals surface area contributed by atoms with Crippen molar-refractivity contribution in [2.75, 3.05) is 6.54 Å². The van der Waals surface area contributed by atoms with Gasteiger partial charge in [0.2, 0.25) is 5.91 Å². The topological polar surface area (TPSA) is 75.5 Å². The van der Waals surface area contributed by atoms with Gasteiger partial charge in [0.15, 0.2) is 0 Å². The second kappa shape index (κ2) is 7.47. The third kappa shape index (κ3) is 4.13. The van der Waals surface area contributed by atoms with Gasteiger partial charge in [0.05, 0.1) is 5.69 Å². The van der Waals surface area contributed by atoms with Gasteiger partial charge in [-0.05, 0) is 44.7 Å². The normalized spacial score (nSPS) is 13.9. The van der Waals surface area contributed by atoms with E-state index in [1.54, 1.807) is 0 Å². The van der Waals surface area contributed by atoms with Crippen LogP contribution in [0.15, 0.2) is 24.4 Å². The summed E-state index contributed by atoms with van der Waals surface area (Å²) in [5.41, 5.74) is 2.10. The van der Waals surface area contributed by atoms with Crippen molar-refractivity contribution in [1.29, 1.82) is 0 Å². The lowest BCUT2D eigenvalue weighted by atomic mass is 10.2. The molecule has 2 heterocycles. The zero-order valence-electron chi connectivity index (χ0n) is 14.0. The van der Waals surface area contributed by atoms with Crippen molar-refractivity contribution >= 4 is 17.5 Å². The number of imidazole rings is 1. The van der Waals surface area contributed by atoms with Crippen LogP contribution >= 0.6 is 0 Å². The van der Waals surface area contributed by atoms with Crippen LogP contribution in [0.1, 0.15) is 54.7 Å². The molecule has 6 heteroatoms. The van der Waals surface area contributed by atoms with Crippen molar-refractivity contribution in [3.63, 3.8) is 0 Å². The summed E-state index contributed by atoms with van der Waals surface area (Å²) in [5.74, 6) is 0.0561. The quantitative estimate of drug-likeness (QED) is 0.730. The third-order valence-corrected chi connectivity index (χ3v) is 4.23. The molecule has 0 unspecified atom stereocenters. The van der Waals surface area contributed by atoms with Crippen LogP contribution in [0.4, 0.5) is 0 Å². The van der Waals surface area contributed by atoms with Gasteiger partial charge in [0.25, 0.3) is 5.91 Å². The molecular formula is C18H24N4O2. The molecule has 6 nitrogen and oxygen atoms in total. The first-order valence-electron chi connectivity index (χ1n) is 8.66. The summed E-state index contributed by atoms with van der Waals surface area (Å²) in [6.45, 7) is 2.46. The number of carbonyl (C=O) groups excluding carboxylic acids is 2. The van der Waals surface area contributed by atoms with Gasteiger partial charge in [-0.25, -0.2) is 4.98 Å². The predicted octanol–water partition coefficient (Wildman–Crippen LogP) is 2.21. The van der Waals surface area contributed by atoms with Crippen LogP contribution in [0.2, 0.25) is 0 Å². The van der Waals surface area contributed by atoms with Crippen molar-refractivity contribution in [2.45, 2.75) is 51.5 Å². The molecule has 2 amide bonds. The lowest BCUT2D eigenvalue weighted by molar-refractivity contribution is -0.121. The highest BCUT2D eigenvalue weighted by atomic mass is 16.2. The zero-order valence-corrected chi connectivity index (χ0v) is 14.0. The number of hydrogen-bond donors (Lipinski definition) is 2. The monoisotopic (exact) mass is 328 g/mol. The van der Waals surface area contributed by atoms with E-state index in [4.69, 9.17) is 0 Å². The summed E-state index contributed by atoms with van der Waals surface area (Å²) < 4.78 is 1.81. The maximum absolute atomic E-state index is 12.4. The molecule has 0 radical (unpaired) electrons. The van der Waals surface area contributed by atoms with Crippen molar-refractivity contribution in [2.24, 2.45) is 0 Å². The highest BCUT2D eigenvalue weighted by molar-refractivity contribution is 5.94. The van der Waals surface area contributed by atoms with E-state index in [0.717, 1.165) is 43.4 Å². The van der Waals surface area contributed by atoms with E-state index < -0.39 is 0 Å². The molecule has 128 valence electrons. The predicted molar refractivity (Wildman–Crippen MR) is 91.9 cm³/mol. The number of nitrogens with zero attached hydrogens (tertiary/aromatic N) is 2. The smallest absolute Gasteiger partial charge is 0.270 e. The van der Waals surface area contributed by atoms with Gasteiger partial charge >= 0.3 is 0 Å². The summed E-state index contributed by atoms with van der Waals surface area (Å²) in [6.07, 6.45) is 7.35. The summed E-state index contributed by atoms with van der Waals surface area (Å²) in [4.78, 5) is 28.3. The fraction of sp³-hybridized carbons (Fsp3) is 0.500. The zero-order chi connectivity index (χ0) is 16.9. The molecule has 1 aliphatic carbocycles. The van der Waals surface area contributed by atoms with Crippen LogP contribution < -0.4 is 10.6 Å². The van der Waals surface area contributed by atoms with E-state index in [1.807, 2.05) is 35.7 Å². The Kier molecular flexibility index (Phi) is 5.13. The maximum atomic E-state index is 12.4. The Morgan fingerprint density at radius 3 is 2.88 bits per heavy atom. The van der Waals surface area contributed by atoms with E-state index in [2.05, 4.69) is 15.6 Å². The molecule has 1 fully saturated rings. The number of pyridine rings is 1. The number of aromatic nitrogens is 2. The Labute approximate surface area is 141 Å². The Balaban J connectivity index is 1.39. The number of carbonyl (C=O) groups is 2. The Morgan fingerprint density at radius 2 is 2.08 bits per heavy atom. The number of rotatable bonds is 8.